The number of carboxylic acid groups (broad SMARTS) is 1. The molecule has 0 aliphatic rings. The Morgan fingerprint density at radius 1 is 1.50 bits per heavy atom. The molecular weight excluding hydrogens is 180 g/mol. The molecule has 0 saturated carbocycles. The maximum atomic E-state index is 10.7. The van der Waals surface area contributed by atoms with Gasteiger partial charge in [-0.25, -0.2) is 4.98 Å². The molecule has 0 aromatic carbocycles. The first kappa shape index (κ1) is 10.5. The van der Waals surface area contributed by atoms with Gasteiger partial charge < -0.3 is 10.4 Å². The van der Waals surface area contributed by atoms with Crippen LogP contribution < -0.4 is 5.32 Å². The molecule has 0 fully saturated rings. The largest absolute Gasteiger partial charge is 0.481 e. The Morgan fingerprint density at radius 3 is 2.71 bits per heavy atom. The van der Waals surface area contributed by atoms with Crippen LogP contribution in [0, 0.1) is 5.92 Å². The van der Waals surface area contributed by atoms with Gasteiger partial charge in [0.1, 0.15) is 5.82 Å². The number of aromatic nitrogens is 1. The Labute approximate surface area is 83.0 Å². The second-order valence-corrected chi connectivity index (χ2v) is 3.27. The predicted molar refractivity (Wildman–Crippen MR) is 54.1 cm³/mol. The van der Waals surface area contributed by atoms with Crippen LogP contribution in [-0.4, -0.2) is 22.1 Å². The summed E-state index contributed by atoms with van der Waals surface area (Å²) in [6.07, 6.45) is 1.67. The molecule has 76 valence electrons. The average molecular weight is 194 g/mol. The molecule has 4 heteroatoms. The summed E-state index contributed by atoms with van der Waals surface area (Å²) in [5.74, 6) is -0.536. The maximum Gasteiger partial charge on any atom is 0.308 e. The molecule has 0 aliphatic heterocycles. The minimum absolute atomic E-state index is 0.137. The Kier molecular flexibility index (Phi) is 3.45. The number of nitrogens with one attached hydrogen (secondary N) is 1. The lowest BCUT2D eigenvalue weighted by molar-refractivity contribution is -0.141. The molecule has 1 aromatic heterocycles. The molecule has 14 heavy (non-hydrogen) atoms. The molecular formula is C10H14N2O2. The zero-order chi connectivity index (χ0) is 10.6. The topological polar surface area (TPSA) is 62.2 Å². The number of nitrogens with zero attached hydrogens (tertiary/aromatic N) is 1. The molecule has 1 aromatic rings. The monoisotopic (exact) mass is 194 g/mol. The molecule has 0 aliphatic carbocycles. The Morgan fingerprint density at radius 2 is 2.21 bits per heavy atom. The van der Waals surface area contributed by atoms with Crippen molar-refractivity contribution in [2.45, 2.75) is 19.9 Å². The van der Waals surface area contributed by atoms with Crippen molar-refractivity contribution in [1.29, 1.82) is 0 Å². The molecule has 1 rings (SSSR count). The van der Waals surface area contributed by atoms with E-state index < -0.39 is 11.9 Å². The number of aliphatic carboxylic acids is 1. The van der Waals surface area contributed by atoms with E-state index in [9.17, 15) is 4.79 Å². The van der Waals surface area contributed by atoms with Crippen LogP contribution in [0.2, 0.25) is 0 Å². The maximum absolute atomic E-state index is 10.7. The van der Waals surface area contributed by atoms with Crippen molar-refractivity contribution >= 4 is 11.8 Å². The van der Waals surface area contributed by atoms with Gasteiger partial charge in [-0.15, -0.1) is 0 Å². The predicted octanol–water partition coefficient (Wildman–Crippen LogP) is 1.60. The van der Waals surface area contributed by atoms with Crippen LogP contribution in [0.4, 0.5) is 5.82 Å². The molecule has 0 bridgehead atoms. The smallest absolute Gasteiger partial charge is 0.308 e. The second-order valence-electron chi connectivity index (χ2n) is 3.27. The van der Waals surface area contributed by atoms with E-state index in [-0.39, 0.29) is 6.04 Å². The fraction of sp³-hybridized carbons (Fsp3) is 0.400. The average Bonchev–Trinajstić information content (AvgIpc) is 2.18. The summed E-state index contributed by atoms with van der Waals surface area (Å²) in [5.41, 5.74) is 0. The fourth-order valence-corrected chi connectivity index (χ4v) is 1.02. The molecule has 0 saturated heterocycles. The zero-order valence-corrected chi connectivity index (χ0v) is 8.27. The third-order valence-electron chi connectivity index (χ3n) is 2.18. The minimum atomic E-state index is -0.805. The molecule has 0 radical (unpaired) electrons. The van der Waals surface area contributed by atoms with Gasteiger partial charge in [0, 0.05) is 12.2 Å². The lowest BCUT2D eigenvalue weighted by Crippen LogP contribution is -2.29. The van der Waals surface area contributed by atoms with E-state index in [0.717, 1.165) is 0 Å². The molecule has 4 nitrogen and oxygen atoms in total. The van der Waals surface area contributed by atoms with E-state index in [2.05, 4.69) is 10.3 Å². The number of rotatable bonds is 4. The number of carboxylic acids is 1. The number of hydrogen-bond acceptors (Lipinski definition) is 3. The summed E-state index contributed by atoms with van der Waals surface area (Å²) in [4.78, 5) is 14.7. The zero-order valence-electron chi connectivity index (χ0n) is 8.27. The van der Waals surface area contributed by atoms with Crippen LogP contribution in [0.3, 0.4) is 0 Å². The number of pyridine rings is 1. The van der Waals surface area contributed by atoms with Gasteiger partial charge in [0.15, 0.2) is 0 Å². The van der Waals surface area contributed by atoms with E-state index in [0.29, 0.717) is 5.82 Å². The third kappa shape index (κ3) is 2.73. The number of carbonyl (C=O) groups is 1. The van der Waals surface area contributed by atoms with E-state index in [1.165, 1.54) is 0 Å². The summed E-state index contributed by atoms with van der Waals surface area (Å²) in [7, 11) is 0. The highest BCUT2D eigenvalue weighted by atomic mass is 16.4. The van der Waals surface area contributed by atoms with Gasteiger partial charge in [-0.2, -0.15) is 0 Å². The Hall–Kier alpha value is -1.58. The van der Waals surface area contributed by atoms with Crippen LogP contribution in [-0.2, 0) is 4.79 Å². The van der Waals surface area contributed by atoms with E-state index in [4.69, 9.17) is 5.11 Å². The Bertz CT molecular complexity index is 300. The van der Waals surface area contributed by atoms with Gasteiger partial charge in [0.2, 0.25) is 0 Å². The summed E-state index contributed by atoms with van der Waals surface area (Å²) in [6, 6.07) is 5.34. The van der Waals surface area contributed by atoms with Crippen LogP contribution in [0.5, 0.6) is 0 Å². The van der Waals surface area contributed by atoms with Crippen molar-refractivity contribution in [3.8, 4) is 0 Å². The first-order chi connectivity index (χ1) is 6.61. The number of anilines is 1. The second kappa shape index (κ2) is 4.60. The molecule has 2 atom stereocenters. The van der Waals surface area contributed by atoms with E-state index in [1.807, 2.05) is 25.1 Å². The fourth-order valence-electron chi connectivity index (χ4n) is 1.02. The quantitative estimate of drug-likeness (QED) is 0.764. The summed E-state index contributed by atoms with van der Waals surface area (Å²) < 4.78 is 0. The molecule has 0 amide bonds. The van der Waals surface area contributed by atoms with E-state index >= 15 is 0 Å². The van der Waals surface area contributed by atoms with Crippen LogP contribution in [0.15, 0.2) is 24.4 Å². The lowest BCUT2D eigenvalue weighted by Gasteiger charge is -2.17. The van der Waals surface area contributed by atoms with Crippen molar-refractivity contribution in [1.82, 2.24) is 4.98 Å². The minimum Gasteiger partial charge on any atom is -0.481 e. The summed E-state index contributed by atoms with van der Waals surface area (Å²) in [6.45, 7) is 3.50. The van der Waals surface area contributed by atoms with Crippen LogP contribution in [0.1, 0.15) is 13.8 Å². The molecule has 0 spiro atoms. The molecule has 2 N–H and O–H groups in total. The first-order valence-electron chi connectivity index (χ1n) is 4.51. The first-order valence-corrected chi connectivity index (χ1v) is 4.51. The van der Waals surface area contributed by atoms with Crippen LogP contribution >= 0.6 is 0 Å². The standard InChI is InChI=1S/C10H14N2O2/c1-7(10(13)14)8(2)12-9-5-3-4-6-11-9/h3-8H,1-2H3,(H,11,12)(H,13,14)/t7-,8-/m1/s1. The highest BCUT2D eigenvalue weighted by Crippen LogP contribution is 2.09. The van der Waals surface area contributed by atoms with Gasteiger partial charge in [-0.3, -0.25) is 4.79 Å². The lowest BCUT2D eigenvalue weighted by atomic mass is 10.0. The van der Waals surface area contributed by atoms with E-state index in [1.54, 1.807) is 13.1 Å². The number of hydrogen-bond donors (Lipinski definition) is 2. The van der Waals surface area contributed by atoms with Gasteiger partial charge in [0.05, 0.1) is 5.92 Å². The van der Waals surface area contributed by atoms with Crippen molar-refractivity contribution in [3.63, 3.8) is 0 Å². The molecule has 0 unspecified atom stereocenters. The van der Waals surface area contributed by atoms with Gasteiger partial charge in [0.25, 0.3) is 0 Å². The molecule has 1 heterocycles. The SMILES string of the molecule is C[C@@H](Nc1ccccn1)[C@@H](C)C(=O)O. The highest BCUT2D eigenvalue weighted by molar-refractivity contribution is 5.70. The summed E-state index contributed by atoms with van der Waals surface area (Å²) >= 11 is 0. The summed E-state index contributed by atoms with van der Waals surface area (Å²) in [5, 5.41) is 11.8. The van der Waals surface area contributed by atoms with Gasteiger partial charge in [-0.05, 0) is 26.0 Å². The van der Waals surface area contributed by atoms with Gasteiger partial charge >= 0.3 is 5.97 Å². The normalized spacial score (nSPS) is 14.4. The van der Waals surface area contributed by atoms with Crippen molar-refractivity contribution in [2.24, 2.45) is 5.92 Å². The highest BCUT2D eigenvalue weighted by Gasteiger charge is 2.18. The van der Waals surface area contributed by atoms with Crippen molar-refractivity contribution in [2.75, 3.05) is 5.32 Å². The van der Waals surface area contributed by atoms with Gasteiger partial charge in [-0.1, -0.05) is 6.07 Å². The Balaban J connectivity index is 2.57. The van der Waals surface area contributed by atoms with Crippen molar-refractivity contribution < 1.29 is 9.90 Å². The third-order valence-corrected chi connectivity index (χ3v) is 2.18. The van der Waals surface area contributed by atoms with Crippen LogP contribution in [0.25, 0.3) is 0 Å². The van der Waals surface area contributed by atoms with Crippen molar-refractivity contribution in [3.05, 3.63) is 24.4 Å².